The quantitative estimate of drug-likeness (QED) is 0.697. The molecule has 1 aliphatic heterocycles. The van der Waals surface area contributed by atoms with Crippen LogP contribution in [0.15, 0.2) is 48.5 Å². The Labute approximate surface area is 159 Å². The molecule has 5 nitrogen and oxygen atoms in total. The number of nitrogens with one attached hydrogen (secondary N) is 2. The topological polar surface area (TPSA) is 57.4 Å². The summed E-state index contributed by atoms with van der Waals surface area (Å²) < 4.78 is 5.57. The molecule has 4 rings (SSSR count). The molecule has 0 atom stereocenters. The van der Waals surface area contributed by atoms with Gasteiger partial charge in [0.05, 0.1) is 12.3 Å². The first-order valence-corrected chi connectivity index (χ1v) is 9.57. The lowest BCUT2D eigenvalue weighted by molar-refractivity contribution is -0.116. The number of H-pyrrole nitrogens is 1. The van der Waals surface area contributed by atoms with E-state index in [0.717, 1.165) is 31.7 Å². The second-order valence-electron chi connectivity index (χ2n) is 6.88. The molecule has 1 aliphatic rings. The fraction of sp³-hybridized carbons (Fsp3) is 0.318. The van der Waals surface area contributed by atoms with E-state index in [0.29, 0.717) is 18.8 Å². The number of hydrogen-bond donors (Lipinski definition) is 2. The van der Waals surface area contributed by atoms with Crippen molar-refractivity contribution in [1.82, 2.24) is 9.88 Å². The van der Waals surface area contributed by atoms with Gasteiger partial charge in [0.1, 0.15) is 5.75 Å². The lowest BCUT2D eigenvalue weighted by atomic mass is 10.0. The van der Waals surface area contributed by atoms with Crippen LogP contribution in [0, 0.1) is 0 Å². The van der Waals surface area contributed by atoms with Crippen molar-refractivity contribution in [3.8, 4) is 5.75 Å². The first kappa shape index (κ1) is 17.6. The number of anilines is 1. The average molecular weight is 363 g/mol. The molecule has 0 fully saturated rings. The van der Waals surface area contributed by atoms with Crippen LogP contribution in [-0.4, -0.2) is 35.5 Å². The SMILES string of the molecule is CCOc1ccccc1NC(=O)CCN1CCc2c([nH]c3ccccc23)C1. The van der Waals surface area contributed by atoms with Crippen LogP contribution in [0.25, 0.3) is 10.9 Å². The third-order valence-corrected chi connectivity index (χ3v) is 5.08. The van der Waals surface area contributed by atoms with Crippen LogP contribution < -0.4 is 10.1 Å². The highest BCUT2D eigenvalue weighted by atomic mass is 16.5. The second-order valence-corrected chi connectivity index (χ2v) is 6.88. The summed E-state index contributed by atoms with van der Waals surface area (Å²) in [4.78, 5) is 18.3. The fourth-order valence-corrected chi connectivity index (χ4v) is 3.76. The van der Waals surface area contributed by atoms with Crippen LogP contribution >= 0.6 is 0 Å². The van der Waals surface area contributed by atoms with Gasteiger partial charge in [0.25, 0.3) is 0 Å². The Morgan fingerprint density at radius 3 is 2.89 bits per heavy atom. The summed E-state index contributed by atoms with van der Waals surface area (Å²) in [5, 5.41) is 4.31. The Bertz CT molecular complexity index is 948. The molecule has 0 saturated heterocycles. The van der Waals surface area contributed by atoms with Gasteiger partial charge < -0.3 is 15.0 Å². The van der Waals surface area contributed by atoms with E-state index in [1.54, 1.807) is 0 Å². The summed E-state index contributed by atoms with van der Waals surface area (Å²) in [6.07, 6.45) is 1.49. The summed E-state index contributed by atoms with van der Waals surface area (Å²) in [7, 11) is 0. The van der Waals surface area contributed by atoms with Crippen molar-refractivity contribution in [2.75, 3.05) is 25.0 Å². The van der Waals surface area contributed by atoms with E-state index < -0.39 is 0 Å². The molecule has 0 spiro atoms. The van der Waals surface area contributed by atoms with E-state index in [9.17, 15) is 4.79 Å². The number of hydrogen-bond acceptors (Lipinski definition) is 3. The van der Waals surface area contributed by atoms with Gasteiger partial charge in [-0.2, -0.15) is 0 Å². The first-order valence-electron chi connectivity index (χ1n) is 9.57. The number of aromatic nitrogens is 1. The highest BCUT2D eigenvalue weighted by molar-refractivity contribution is 5.92. The standard InChI is InChI=1S/C22H25N3O2/c1-2-27-21-10-6-5-9-19(21)24-22(26)12-14-25-13-11-17-16-7-3-4-8-18(16)23-20(17)15-25/h3-10,23H,2,11-15H2,1H3,(H,24,26). The molecule has 0 unspecified atom stereocenters. The molecule has 0 bridgehead atoms. The normalized spacial score (nSPS) is 14.1. The summed E-state index contributed by atoms with van der Waals surface area (Å²) >= 11 is 0. The highest BCUT2D eigenvalue weighted by Crippen LogP contribution is 2.27. The molecule has 1 aromatic heterocycles. The van der Waals surface area contributed by atoms with Crippen molar-refractivity contribution in [1.29, 1.82) is 0 Å². The molecule has 2 heterocycles. The molecule has 0 radical (unpaired) electrons. The summed E-state index contributed by atoms with van der Waals surface area (Å²) in [5.74, 6) is 0.735. The number of fused-ring (bicyclic) bond motifs is 3. The molecule has 0 aliphatic carbocycles. The van der Waals surface area contributed by atoms with Crippen LogP contribution in [0.3, 0.4) is 0 Å². The number of benzene rings is 2. The minimum absolute atomic E-state index is 0.0181. The molecule has 0 saturated carbocycles. The Kier molecular flexibility index (Phi) is 5.12. The maximum absolute atomic E-state index is 12.4. The number of ether oxygens (including phenoxy) is 1. The van der Waals surface area contributed by atoms with Gasteiger partial charge in [-0.15, -0.1) is 0 Å². The largest absolute Gasteiger partial charge is 0.492 e. The molecular formula is C22H25N3O2. The van der Waals surface area contributed by atoms with E-state index >= 15 is 0 Å². The van der Waals surface area contributed by atoms with E-state index in [1.165, 1.54) is 22.2 Å². The van der Waals surface area contributed by atoms with E-state index in [2.05, 4.69) is 39.5 Å². The van der Waals surface area contributed by atoms with Gasteiger partial charge in [0.15, 0.2) is 0 Å². The van der Waals surface area contributed by atoms with Crippen molar-refractivity contribution in [2.45, 2.75) is 26.3 Å². The smallest absolute Gasteiger partial charge is 0.225 e. The van der Waals surface area contributed by atoms with E-state index in [4.69, 9.17) is 4.74 Å². The Morgan fingerprint density at radius 2 is 2.00 bits per heavy atom. The predicted octanol–water partition coefficient (Wildman–Crippen LogP) is 3.95. The van der Waals surface area contributed by atoms with Crippen molar-refractivity contribution in [3.63, 3.8) is 0 Å². The van der Waals surface area contributed by atoms with Gasteiger partial charge in [-0.3, -0.25) is 9.69 Å². The summed E-state index contributed by atoms with van der Waals surface area (Å²) in [6.45, 7) is 5.11. The van der Waals surface area contributed by atoms with Crippen LogP contribution in [0.4, 0.5) is 5.69 Å². The minimum Gasteiger partial charge on any atom is -0.492 e. The molecule has 5 heteroatoms. The maximum Gasteiger partial charge on any atom is 0.225 e. The highest BCUT2D eigenvalue weighted by Gasteiger charge is 2.20. The van der Waals surface area contributed by atoms with Gasteiger partial charge in [0.2, 0.25) is 5.91 Å². The summed E-state index contributed by atoms with van der Waals surface area (Å²) in [6, 6.07) is 16.0. The zero-order chi connectivity index (χ0) is 18.6. The Balaban J connectivity index is 1.35. The molecule has 3 aromatic rings. The second kappa shape index (κ2) is 7.84. The van der Waals surface area contributed by atoms with E-state index in [-0.39, 0.29) is 5.91 Å². The summed E-state index contributed by atoms with van der Waals surface area (Å²) in [5.41, 5.74) is 4.65. The van der Waals surface area contributed by atoms with Crippen molar-refractivity contribution in [3.05, 3.63) is 59.8 Å². The van der Waals surface area contributed by atoms with Crippen molar-refractivity contribution < 1.29 is 9.53 Å². The monoisotopic (exact) mass is 363 g/mol. The van der Waals surface area contributed by atoms with Crippen LogP contribution in [0.2, 0.25) is 0 Å². The Morgan fingerprint density at radius 1 is 1.19 bits per heavy atom. The van der Waals surface area contributed by atoms with Gasteiger partial charge >= 0.3 is 0 Å². The number of amides is 1. The molecule has 2 N–H and O–H groups in total. The Hall–Kier alpha value is -2.79. The number of rotatable bonds is 6. The third kappa shape index (κ3) is 3.83. The number of aromatic amines is 1. The molecule has 140 valence electrons. The van der Waals surface area contributed by atoms with Gasteiger partial charge in [-0.25, -0.2) is 0 Å². The molecule has 2 aromatic carbocycles. The van der Waals surface area contributed by atoms with Crippen molar-refractivity contribution >= 4 is 22.5 Å². The zero-order valence-corrected chi connectivity index (χ0v) is 15.6. The van der Waals surface area contributed by atoms with Crippen LogP contribution in [-0.2, 0) is 17.8 Å². The third-order valence-electron chi connectivity index (χ3n) is 5.08. The van der Waals surface area contributed by atoms with Crippen LogP contribution in [0.1, 0.15) is 24.6 Å². The number of carbonyl (C=O) groups is 1. The van der Waals surface area contributed by atoms with Crippen molar-refractivity contribution in [2.24, 2.45) is 0 Å². The lowest BCUT2D eigenvalue weighted by Crippen LogP contribution is -2.33. The fourth-order valence-electron chi connectivity index (χ4n) is 3.76. The first-order chi connectivity index (χ1) is 13.2. The number of nitrogens with zero attached hydrogens (tertiary/aromatic N) is 1. The predicted molar refractivity (Wildman–Crippen MR) is 108 cm³/mol. The molecule has 27 heavy (non-hydrogen) atoms. The number of carbonyl (C=O) groups excluding carboxylic acids is 1. The maximum atomic E-state index is 12.4. The number of para-hydroxylation sites is 3. The van der Waals surface area contributed by atoms with Crippen LogP contribution in [0.5, 0.6) is 5.75 Å². The lowest BCUT2D eigenvalue weighted by Gasteiger charge is -2.26. The zero-order valence-electron chi connectivity index (χ0n) is 15.6. The van der Waals surface area contributed by atoms with Gasteiger partial charge in [-0.1, -0.05) is 30.3 Å². The van der Waals surface area contributed by atoms with Gasteiger partial charge in [0, 0.05) is 42.7 Å². The van der Waals surface area contributed by atoms with Gasteiger partial charge in [-0.05, 0) is 37.1 Å². The van der Waals surface area contributed by atoms with E-state index in [1.807, 2.05) is 31.2 Å². The molecular weight excluding hydrogens is 338 g/mol. The molecule has 1 amide bonds. The minimum atomic E-state index is 0.0181. The average Bonchev–Trinajstić information content (AvgIpc) is 3.06.